The first-order chi connectivity index (χ1) is 10.0. The lowest BCUT2D eigenvalue weighted by molar-refractivity contribution is 0.0733. The van der Waals surface area contributed by atoms with Crippen LogP contribution < -0.4 is 0 Å². The Kier molecular flexibility index (Phi) is 3.53. The van der Waals surface area contributed by atoms with E-state index in [1.165, 1.54) is 0 Å². The molecule has 0 unspecified atom stereocenters. The molecule has 0 aromatic carbocycles. The highest BCUT2D eigenvalue weighted by Gasteiger charge is 2.35. The van der Waals surface area contributed by atoms with Gasteiger partial charge in [0, 0.05) is 19.2 Å². The second kappa shape index (κ2) is 5.22. The SMILES string of the molecule is Cc1nn(C)c(Cl)c1[C@@H]1CCCN1C(=O)c1ccoc1C. The van der Waals surface area contributed by atoms with Crippen molar-refractivity contribution in [2.45, 2.75) is 32.7 Å². The van der Waals surface area contributed by atoms with Gasteiger partial charge in [0.05, 0.1) is 23.6 Å². The van der Waals surface area contributed by atoms with E-state index < -0.39 is 0 Å². The van der Waals surface area contributed by atoms with Crippen LogP contribution in [0.1, 0.15) is 46.3 Å². The molecular formula is C15H18ClN3O2. The largest absolute Gasteiger partial charge is 0.469 e. The predicted octanol–water partition coefficient (Wildman–Crippen LogP) is 3.26. The van der Waals surface area contributed by atoms with Crippen molar-refractivity contribution >= 4 is 17.5 Å². The summed E-state index contributed by atoms with van der Waals surface area (Å²) in [7, 11) is 1.82. The average Bonchev–Trinajstić information content (AvgIpc) is 3.11. The molecular weight excluding hydrogens is 290 g/mol. The first kappa shape index (κ1) is 14.2. The molecule has 3 rings (SSSR count). The van der Waals surface area contributed by atoms with E-state index in [0.717, 1.165) is 30.6 Å². The fraction of sp³-hybridized carbons (Fsp3) is 0.467. The van der Waals surface area contributed by atoms with Gasteiger partial charge >= 0.3 is 0 Å². The number of halogens is 1. The third-order valence-corrected chi connectivity index (χ3v) is 4.58. The standard InChI is InChI=1S/C15H18ClN3O2/c1-9-13(14(16)18(3)17-9)12-5-4-7-19(12)15(20)11-6-8-21-10(11)2/h6,8,12H,4-5,7H2,1-3H3/t12-/m0/s1. The lowest BCUT2D eigenvalue weighted by Crippen LogP contribution is -2.31. The van der Waals surface area contributed by atoms with Gasteiger partial charge in [0.1, 0.15) is 10.9 Å². The molecule has 1 aliphatic rings. The van der Waals surface area contributed by atoms with E-state index in [0.29, 0.717) is 16.5 Å². The average molecular weight is 308 g/mol. The van der Waals surface area contributed by atoms with Crippen molar-refractivity contribution in [3.8, 4) is 0 Å². The fourth-order valence-electron chi connectivity index (χ4n) is 3.10. The van der Waals surface area contributed by atoms with E-state index in [4.69, 9.17) is 16.0 Å². The van der Waals surface area contributed by atoms with Crippen LogP contribution in [-0.4, -0.2) is 27.1 Å². The zero-order valence-corrected chi connectivity index (χ0v) is 13.1. The molecule has 0 N–H and O–H groups in total. The molecule has 21 heavy (non-hydrogen) atoms. The van der Waals surface area contributed by atoms with E-state index >= 15 is 0 Å². The predicted molar refractivity (Wildman–Crippen MR) is 79.4 cm³/mol. The molecule has 5 nitrogen and oxygen atoms in total. The molecule has 112 valence electrons. The van der Waals surface area contributed by atoms with Gasteiger partial charge in [0.2, 0.25) is 0 Å². The van der Waals surface area contributed by atoms with Gasteiger partial charge in [-0.2, -0.15) is 5.10 Å². The number of amides is 1. The summed E-state index contributed by atoms with van der Waals surface area (Å²) in [5.41, 5.74) is 2.47. The number of nitrogens with zero attached hydrogens (tertiary/aromatic N) is 3. The van der Waals surface area contributed by atoms with Crippen LogP contribution >= 0.6 is 11.6 Å². The lowest BCUT2D eigenvalue weighted by Gasteiger charge is -2.24. The summed E-state index contributed by atoms with van der Waals surface area (Å²) < 4.78 is 6.91. The Morgan fingerprint density at radius 2 is 2.24 bits per heavy atom. The van der Waals surface area contributed by atoms with Crippen LogP contribution in [0.15, 0.2) is 16.7 Å². The summed E-state index contributed by atoms with van der Waals surface area (Å²) in [6.45, 7) is 4.48. The molecule has 1 amide bonds. The number of aryl methyl sites for hydroxylation is 3. The molecule has 2 aromatic heterocycles. The Bertz CT molecular complexity index is 689. The zero-order chi connectivity index (χ0) is 15.1. The van der Waals surface area contributed by atoms with Crippen LogP contribution in [0.3, 0.4) is 0 Å². The molecule has 1 atom stereocenters. The quantitative estimate of drug-likeness (QED) is 0.855. The van der Waals surface area contributed by atoms with Crippen molar-refractivity contribution in [2.24, 2.45) is 7.05 Å². The summed E-state index contributed by atoms with van der Waals surface area (Å²) in [4.78, 5) is 14.6. The van der Waals surface area contributed by atoms with Gasteiger partial charge < -0.3 is 9.32 Å². The highest BCUT2D eigenvalue weighted by molar-refractivity contribution is 6.30. The van der Waals surface area contributed by atoms with Crippen LogP contribution in [0.4, 0.5) is 0 Å². The van der Waals surface area contributed by atoms with Crippen molar-refractivity contribution in [3.05, 3.63) is 40.1 Å². The molecule has 0 saturated carbocycles. The van der Waals surface area contributed by atoms with Gasteiger partial charge in [-0.1, -0.05) is 11.6 Å². The zero-order valence-electron chi connectivity index (χ0n) is 12.4. The molecule has 0 spiro atoms. The molecule has 6 heteroatoms. The maximum absolute atomic E-state index is 12.7. The van der Waals surface area contributed by atoms with Crippen molar-refractivity contribution < 1.29 is 9.21 Å². The van der Waals surface area contributed by atoms with Gasteiger partial charge in [-0.05, 0) is 32.8 Å². The molecule has 0 bridgehead atoms. The minimum absolute atomic E-state index is 0.00284. The molecule has 0 aliphatic carbocycles. The lowest BCUT2D eigenvalue weighted by atomic mass is 10.1. The highest BCUT2D eigenvalue weighted by atomic mass is 35.5. The first-order valence-corrected chi connectivity index (χ1v) is 7.42. The van der Waals surface area contributed by atoms with E-state index in [2.05, 4.69) is 5.10 Å². The summed E-state index contributed by atoms with van der Waals surface area (Å²) >= 11 is 6.36. The number of hydrogen-bond donors (Lipinski definition) is 0. The third kappa shape index (κ3) is 2.25. The van der Waals surface area contributed by atoms with Gasteiger partial charge in [-0.3, -0.25) is 9.48 Å². The number of aromatic nitrogens is 2. The van der Waals surface area contributed by atoms with Crippen molar-refractivity contribution in [1.82, 2.24) is 14.7 Å². The highest BCUT2D eigenvalue weighted by Crippen LogP contribution is 2.38. The molecule has 1 fully saturated rings. The van der Waals surface area contributed by atoms with Crippen LogP contribution in [0, 0.1) is 13.8 Å². The summed E-state index contributed by atoms with van der Waals surface area (Å²) in [5.74, 6) is 0.655. The molecule has 0 radical (unpaired) electrons. The van der Waals surface area contributed by atoms with Crippen LogP contribution in [0.2, 0.25) is 5.15 Å². The molecule has 2 aromatic rings. The van der Waals surface area contributed by atoms with Crippen molar-refractivity contribution in [3.63, 3.8) is 0 Å². The Morgan fingerprint density at radius 3 is 2.81 bits per heavy atom. The van der Waals surface area contributed by atoms with Gasteiger partial charge in [-0.15, -0.1) is 0 Å². The van der Waals surface area contributed by atoms with E-state index in [1.54, 1.807) is 23.9 Å². The number of rotatable bonds is 2. The number of likely N-dealkylation sites (tertiary alicyclic amines) is 1. The summed E-state index contributed by atoms with van der Waals surface area (Å²) in [6, 6.07) is 1.72. The minimum Gasteiger partial charge on any atom is -0.469 e. The topological polar surface area (TPSA) is 51.3 Å². The van der Waals surface area contributed by atoms with Crippen LogP contribution in [-0.2, 0) is 7.05 Å². The maximum Gasteiger partial charge on any atom is 0.257 e. The van der Waals surface area contributed by atoms with E-state index in [1.807, 2.05) is 18.9 Å². The normalized spacial score (nSPS) is 18.5. The van der Waals surface area contributed by atoms with Gasteiger partial charge in [0.25, 0.3) is 5.91 Å². The van der Waals surface area contributed by atoms with Crippen LogP contribution in [0.25, 0.3) is 0 Å². The minimum atomic E-state index is -0.00648. The smallest absolute Gasteiger partial charge is 0.257 e. The van der Waals surface area contributed by atoms with Gasteiger partial charge in [-0.25, -0.2) is 0 Å². The maximum atomic E-state index is 12.7. The Morgan fingerprint density at radius 1 is 1.48 bits per heavy atom. The summed E-state index contributed by atoms with van der Waals surface area (Å²) in [6.07, 6.45) is 3.43. The third-order valence-electron chi connectivity index (χ3n) is 4.13. The Hall–Kier alpha value is -1.75. The molecule has 1 saturated heterocycles. The number of carbonyl (C=O) groups excluding carboxylic acids is 1. The first-order valence-electron chi connectivity index (χ1n) is 7.04. The number of hydrogen-bond acceptors (Lipinski definition) is 3. The monoisotopic (exact) mass is 307 g/mol. The van der Waals surface area contributed by atoms with E-state index in [-0.39, 0.29) is 11.9 Å². The second-order valence-electron chi connectivity index (χ2n) is 5.46. The second-order valence-corrected chi connectivity index (χ2v) is 5.82. The molecule has 1 aliphatic heterocycles. The number of carbonyl (C=O) groups is 1. The van der Waals surface area contributed by atoms with Crippen molar-refractivity contribution in [1.29, 1.82) is 0 Å². The van der Waals surface area contributed by atoms with Crippen molar-refractivity contribution in [2.75, 3.05) is 6.54 Å². The summed E-state index contributed by atoms with van der Waals surface area (Å²) in [5, 5.41) is 4.97. The van der Waals surface area contributed by atoms with Crippen LogP contribution in [0.5, 0.6) is 0 Å². The number of furan rings is 1. The van der Waals surface area contributed by atoms with E-state index in [9.17, 15) is 4.79 Å². The van der Waals surface area contributed by atoms with Gasteiger partial charge in [0.15, 0.2) is 0 Å². The molecule has 3 heterocycles. The fourth-order valence-corrected chi connectivity index (χ4v) is 3.40. The Labute approximate surface area is 128 Å². The Balaban J connectivity index is 1.96.